The van der Waals surface area contributed by atoms with Crippen LogP contribution in [-0.2, 0) is 4.74 Å². The maximum atomic E-state index is 11.8. The molecule has 0 radical (unpaired) electrons. The van der Waals surface area contributed by atoms with Crippen LogP contribution < -0.4 is 5.32 Å². The van der Waals surface area contributed by atoms with Gasteiger partial charge in [-0.3, -0.25) is 9.97 Å². The first-order chi connectivity index (χ1) is 12.2. The number of anilines is 2. The molecule has 0 aliphatic rings. The fourth-order valence-electron chi connectivity index (χ4n) is 2.17. The molecule has 126 valence electrons. The van der Waals surface area contributed by atoms with Crippen molar-refractivity contribution in [2.75, 3.05) is 11.9 Å². The Morgan fingerprint density at radius 2 is 1.96 bits per heavy atom. The van der Waals surface area contributed by atoms with Crippen molar-refractivity contribution in [1.82, 2.24) is 15.0 Å². The Morgan fingerprint density at radius 1 is 1.16 bits per heavy atom. The second kappa shape index (κ2) is 7.72. The molecule has 7 heteroatoms. The summed E-state index contributed by atoms with van der Waals surface area (Å²) in [5.41, 5.74) is 2.34. The van der Waals surface area contributed by atoms with Gasteiger partial charge in [0.1, 0.15) is 5.82 Å². The number of nitrogens with one attached hydrogen (secondary N) is 1. The zero-order chi connectivity index (χ0) is 17.6. The number of hydrogen-bond donors (Lipinski definition) is 1. The molecule has 3 aromatic rings. The van der Waals surface area contributed by atoms with Crippen LogP contribution in [-0.4, -0.2) is 27.5 Å². The number of ether oxygens (including phenoxy) is 1. The SMILES string of the molecule is CCOC(=O)c1cncc(-c2cncc(Nc3ccccc3Cl)n2)c1. The van der Waals surface area contributed by atoms with Crippen LogP contribution >= 0.6 is 11.6 Å². The Morgan fingerprint density at radius 3 is 2.76 bits per heavy atom. The Kier molecular flexibility index (Phi) is 5.20. The minimum absolute atomic E-state index is 0.306. The van der Waals surface area contributed by atoms with E-state index in [1.54, 1.807) is 37.6 Å². The van der Waals surface area contributed by atoms with Crippen LogP contribution in [0.1, 0.15) is 17.3 Å². The number of carbonyl (C=O) groups is 1. The molecule has 0 atom stereocenters. The van der Waals surface area contributed by atoms with Crippen LogP contribution in [0.3, 0.4) is 0 Å². The number of halogens is 1. The molecule has 3 rings (SSSR count). The molecule has 0 saturated carbocycles. The number of pyridine rings is 1. The second-order valence-corrected chi connectivity index (χ2v) is 5.48. The molecule has 1 N–H and O–H groups in total. The van der Waals surface area contributed by atoms with Gasteiger partial charge in [0.2, 0.25) is 0 Å². The lowest BCUT2D eigenvalue weighted by Gasteiger charge is -2.09. The molecular weight excluding hydrogens is 340 g/mol. The second-order valence-electron chi connectivity index (χ2n) is 5.08. The molecule has 2 aromatic heterocycles. The molecule has 0 bridgehead atoms. The number of carbonyl (C=O) groups excluding carboxylic acids is 1. The van der Waals surface area contributed by atoms with Crippen molar-refractivity contribution in [1.29, 1.82) is 0 Å². The highest BCUT2D eigenvalue weighted by Gasteiger charge is 2.10. The van der Waals surface area contributed by atoms with Crippen molar-refractivity contribution in [3.8, 4) is 11.3 Å². The number of benzene rings is 1. The lowest BCUT2D eigenvalue weighted by atomic mass is 10.1. The summed E-state index contributed by atoms with van der Waals surface area (Å²) in [4.78, 5) is 24.6. The third kappa shape index (κ3) is 4.10. The molecule has 25 heavy (non-hydrogen) atoms. The predicted octanol–water partition coefficient (Wildman–Crippen LogP) is 4.11. The molecule has 0 spiro atoms. The molecule has 0 saturated heterocycles. The molecule has 2 heterocycles. The number of rotatable bonds is 5. The maximum absolute atomic E-state index is 11.8. The summed E-state index contributed by atoms with van der Waals surface area (Å²) in [7, 11) is 0. The van der Waals surface area contributed by atoms with E-state index in [-0.39, 0.29) is 0 Å². The molecule has 0 aliphatic carbocycles. The average Bonchev–Trinajstić information content (AvgIpc) is 2.64. The molecular formula is C18H15ClN4O2. The normalized spacial score (nSPS) is 10.3. The monoisotopic (exact) mass is 354 g/mol. The lowest BCUT2D eigenvalue weighted by molar-refractivity contribution is 0.0526. The zero-order valence-corrected chi connectivity index (χ0v) is 14.2. The van der Waals surface area contributed by atoms with E-state index >= 15 is 0 Å². The first-order valence-electron chi connectivity index (χ1n) is 7.63. The van der Waals surface area contributed by atoms with Crippen molar-refractivity contribution >= 4 is 29.1 Å². The Balaban J connectivity index is 1.88. The van der Waals surface area contributed by atoms with Gasteiger partial charge in [-0.25, -0.2) is 9.78 Å². The highest BCUT2D eigenvalue weighted by molar-refractivity contribution is 6.33. The van der Waals surface area contributed by atoms with E-state index in [4.69, 9.17) is 16.3 Å². The molecule has 0 aliphatic heterocycles. The quantitative estimate of drug-likeness (QED) is 0.695. The number of para-hydroxylation sites is 1. The van der Waals surface area contributed by atoms with Gasteiger partial charge in [0.05, 0.1) is 41.0 Å². The van der Waals surface area contributed by atoms with E-state index in [1.165, 1.54) is 6.20 Å². The van der Waals surface area contributed by atoms with Crippen molar-refractivity contribution in [3.63, 3.8) is 0 Å². The number of aromatic nitrogens is 3. The third-order valence-electron chi connectivity index (χ3n) is 3.32. The Labute approximate surface area is 149 Å². The summed E-state index contributed by atoms with van der Waals surface area (Å²) in [6, 6.07) is 9.03. The maximum Gasteiger partial charge on any atom is 0.339 e. The smallest absolute Gasteiger partial charge is 0.339 e. The van der Waals surface area contributed by atoms with Crippen LogP contribution in [0.2, 0.25) is 5.02 Å². The third-order valence-corrected chi connectivity index (χ3v) is 3.65. The average molecular weight is 355 g/mol. The van der Waals surface area contributed by atoms with E-state index in [0.717, 1.165) is 5.69 Å². The number of hydrogen-bond acceptors (Lipinski definition) is 6. The van der Waals surface area contributed by atoms with E-state index in [2.05, 4.69) is 20.3 Å². The molecule has 0 unspecified atom stereocenters. The van der Waals surface area contributed by atoms with Gasteiger partial charge in [0, 0.05) is 18.0 Å². The van der Waals surface area contributed by atoms with Gasteiger partial charge in [0.15, 0.2) is 0 Å². The van der Waals surface area contributed by atoms with E-state index in [1.807, 2.05) is 18.2 Å². The van der Waals surface area contributed by atoms with Gasteiger partial charge in [-0.05, 0) is 25.1 Å². The van der Waals surface area contributed by atoms with Crippen LogP contribution in [0.5, 0.6) is 0 Å². The fourth-order valence-corrected chi connectivity index (χ4v) is 2.35. The fraction of sp³-hybridized carbons (Fsp3) is 0.111. The zero-order valence-electron chi connectivity index (χ0n) is 13.4. The van der Waals surface area contributed by atoms with E-state index in [9.17, 15) is 4.79 Å². The predicted molar refractivity (Wildman–Crippen MR) is 96.0 cm³/mol. The molecule has 6 nitrogen and oxygen atoms in total. The van der Waals surface area contributed by atoms with Gasteiger partial charge < -0.3 is 10.1 Å². The topological polar surface area (TPSA) is 77.0 Å². The summed E-state index contributed by atoms with van der Waals surface area (Å²) >= 11 is 6.14. The van der Waals surface area contributed by atoms with Gasteiger partial charge in [-0.2, -0.15) is 0 Å². The van der Waals surface area contributed by atoms with Gasteiger partial charge in [-0.15, -0.1) is 0 Å². The first-order valence-corrected chi connectivity index (χ1v) is 8.01. The largest absolute Gasteiger partial charge is 0.462 e. The number of esters is 1. The summed E-state index contributed by atoms with van der Waals surface area (Å²) in [5, 5.41) is 3.71. The van der Waals surface area contributed by atoms with Crippen LogP contribution in [0.15, 0.2) is 55.1 Å². The van der Waals surface area contributed by atoms with E-state index in [0.29, 0.717) is 34.3 Å². The standard InChI is InChI=1S/C18H15ClN4O2/c1-2-25-18(24)13-7-12(8-20-9-13)16-10-21-11-17(23-16)22-15-6-4-3-5-14(15)19/h3-11H,2H2,1H3,(H,22,23). The van der Waals surface area contributed by atoms with Gasteiger partial charge >= 0.3 is 5.97 Å². The van der Waals surface area contributed by atoms with Gasteiger partial charge in [-0.1, -0.05) is 23.7 Å². The number of nitrogens with zero attached hydrogens (tertiary/aromatic N) is 3. The minimum atomic E-state index is -0.421. The molecule has 0 amide bonds. The molecule has 0 fully saturated rings. The summed E-state index contributed by atoms with van der Waals surface area (Å²) < 4.78 is 4.99. The van der Waals surface area contributed by atoms with Crippen molar-refractivity contribution in [2.24, 2.45) is 0 Å². The summed E-state index contributed by atoms with van der Waals surface area (Å²) in [6.45, 7) is 2.06. The van der Waals surface area contributed by atoms with Crippen LogP contribution in [0, 0.1) is 0 Å². The Bertz CT molecular complexity index is 902. The molecule has 1 aromatic carbocycles. The summed E-state index contributed by atoms with van der Waals surface area (Å²) in [5.74, 6) is 0.113. The van der Waals surface area contributed by atoms with Crippen LogP contribution in [0.4, 0.5) is 11.5 Å². The summed E-state index contributed by atoms with van der Waals surface area (Å²) in [6.07, 6.45) is 6.27. The highest BCUT2D eigenvalue weighted by Crippen LogP contribution is 2.25. The lowest BCUT2D eigenvalue weighted by Crippen LogP contribution is -2.05. The Hall–Kier alpha value is -2.99. The first kappa shape index (κ1) is 16.9. The highest BCUT2D eigenvalue weighted by atomic mass is 35.5. The van der Waals surface area contributed by atoms with E-state index < -0.39 is 5.97 Å². The minimum Gasteiger partial charge on any atom is -0.462 e. The van der Waals surface area contributed by atoms with Gasteiger partial charge in [0.25, 0.3) is 0 Å². The van der Waals surface area contributed by atoms with Crippen molar-refractivity contribution in [2.45, 2.75) is 6.92 Å². The van der Waals surface area contributed by atoms with Crippen molar-refractivity contribution in [3.05, 3.63) is 65.7 Å². The van der Waals surface area contributed by atoms with Crippen molar-refractivity contribution < 1.29 is 9.53 Å². The van der Waals surface area contributed by atoms with Crippen LogP contribution in [0.25, 0.3) is 11.3 Å².